The maximum atomic E-state index is 12.5. The molecule has 0 aromatic carbocycles. The molecular formula is C7H5F2N3O3S. The minimum Gasteiger partial charge on any atom is -0.327 e. The summed E-state index contributed by atoms with van der Waals surface area (Å²) in [4.78, 5) is 11.7. The Balaban J connectivity index is 3.87. The number of halogens is 2. The Bertz CT molecular complexity index is 615. The number of nitrogens with one attached hydrogen (secondary N) is 1. The van der Waals surface area contributed by atoms with E-state index in [0.717, 1.165) is 0 Å². The van der Waals surface area contributed by atoms with Gasteiger partial charge >= 0.3 is 0 Å². The van der Waals surface area contributed by atoms with Crippen LogP contribution in [0.25, 0.3) is 0 Å². The Hall–Kier alpha value is -1.79. The van der Waals surface area contributed by atoms with E-state index >= 15 is 0 Å². The third-order valence-electron chi connectivity index (χ3n) is 1.70. The van der Waals surface area contributed by atoms with E-state index in [9.17, 15) is 22.0 Å². The highest BCUT2D eigenvalue weighted by atomic mass is 32.2. The molecule has 0 atom stereocenters. The van der Waals surface area contributed by atoms with E-state index in [1.165, 1.54) is 6.07 Å². The van der Waals surface area contributed by atoms with E-state index in [1.54, 1.807) is 0 Å². The van der Waals surface area contributed by atoms with Crippen LogP contribution >= 0.6 is 0 Å². The predicted octanol–water partition coefficient (Wildman–Crippen LogP) is -0.168. The number of rotatable bonds is 2. The Kier molecular flexibility index (Phi) is 3.06. The lowest BCUT2D eigenvalue weighted by Crippen LogP contribution is -2.24. The zero-order valence-electron chi connectivity index (χ0n) is 7.57. The van der Waals surface area contributed by atoms with E-state index in [1.807, 2.05) is 4.98 Å². The second kappa shape index (κ2) is 3.99. The lowest BCUT2D eigenvalue weighted by molar-refractivity contribution is 0.146. The van der Waals surface area contributed by atoms with E-state index in [2.05, 4.69) is 5.14 Å². The predicted molar refractivity (Wildman–Crippen MR) is 48.1 cm³/mol. The SMILES string of the molecule is N#Cc1c[nH]c(=O)c(C(F)F)c1S(N)(=O)=O. The van der Waals surface area contributed by atoms with Crippen molar-refractivity contribution >= 4 is 10.0 Å². The Labute approximate surface area is 88.4 Å². The maximum absolute atomic E-state index is 12.5. The fourth-order valence-electron chi connectivity index (χ4n) is 1.12. The number of hydrogen-bond donors (Lipinski definition) is 2. The van der Waals surface area contributed by atoms with E-state index in [0.29, 0.717) is 6.20 Å². The number of aromatic amines is 1. The molecule has 0 saturated carbocycles. The Morgan fingerprint density at radius 1 is 1.50 bits per heavy atom. The number of alkyl halides is 2. The molecule has 0 unspecified atom stereocenters. The molecular weight excluding hydrogens is 244 g/mol. The molecule has 1 aromatic heterocycles. The van der Waals surface area contributed by atoms with Crippen molar-refractivity contribution in [3.63, 3.8) is 0 Å². The molecule has 0 saturated heterocycles. The second-order valence-corrected chi connectivity index (χ2v) is 4.23. The van der Waals surface area contributed by atoms with Gasteiger partial charge in [0.2, 0.25) is 10.0 Å². The van der Waals surface area contributed by atoms with Crippen molar-refractivity contribution < 1.29 is 17.2 Å². The minimum atomic E-state index is -4.57. The molecule has 6 nitrogen and oxygen atoms in total. The molecule has 0 fully saturated rings. The molecule has 0 amide bonds. The normalized spacial score (nSPS) is 11.4. The Morgan fingerprint density at radius 3 is 2.44 bits per heavy atom. The second-order valence-electron chi connectivity index (χ2n) is 2.73. The van der Waals surface area contributed by atoms with Gasteiger partial charge in [-0.2, -0.15) is 5.26 Å². The van der Waals surface area contributed by atoms with Crippen molar-refractivity contribution in [2.45, 2.75) is 11.3 Å². The third-order valence-corrected chi connectivity index (χ3v) is 2.71. The lowest BCUT2D eigenvalue weighted by atomic mass is 10.2. The molecule has 86 valence electrons. The molecule has 16 heavy (non-hydrogen) atoms. The maximum Gasteiger partial charge on any atom is 0.270 e. The average molecular weight is 249 g/mol. The number of hydrogen-bond acceptors (Lipinski definition) is 4. The summed E-state index contributed by atoms with van der Waals surface area (Å²) >= 11 is 0. The molecule has 1 heterocycles. The molecule has 1 rings (SSSR count). The first-order valence-corrected chi connectivity index (χ1v) is 5.30. The number of pyridine rings is 1. The molecule has 9 heteroatoms. The summed E-state index contributed by atoms with van der Waals surface area (Å²) in [5.74, 6) is 0. The summed E-state index contributed by atoms with van der Waals surface area (Å²) in [6.07, 6.45) is -2.63. The standard InChI is InChI=1S/C7H5F2N3O3S/c8-6(9)4-5(16(11,14)15)3(1-10)2-12-7(4)13/h2,6H,(H,12,13)(H2,11,14,15). The fraction of sp³-hybridized carbons (Fsp3) is 0.143. The van der Waals surface area contributed by atoms with Crippen LogP contribution in [0.4, 0.5) is 8.78 Å². The summed E-state index contributed by atoms with van der Waals surface area (Å²) in [6, 6.07) is 1.36. The van der Waals surface area contributed by atoms with Crippen molar-refractivity contribution in [3.05, 3.63) is 27.7 Å². The van der Waals surface area contributed by atoms with Gasteiger partial charge in [-0.15, -0.1) is 0 Å². The summed E-state index contributed by atoms with van der Waals surface area (Å²) in [6.45, 7) is 0. The zero-order valence-corrected chi connectivity index (χ0v) is 8.38. The molecule has 0 radical (unpaired) electrons. The lowest BCUT2D eigenvalue weighted by Gasteiger charge is -2.06. The van der Waals surface area contributed by atoms with Gasteiger partial charge in [-0.3, -0.25) is 4.79 Å². The zero-order chi connectivity index (χ0) is 12.5. The van der Waals surface area contributed by atoms with Crippen LogP contribution in [0.15, 0.2) is 15.9 Å². The van der Waals surface area contributed by atoms with E-state index in [-0.39, 0.29) is 0 Å². The number of primary sulfonamides is 1. The molecule has 0 aliphatic heterocycles. The molecule has 0 aliphatic rings. The average Bonchev–Trinajstić information content (AvgIpc) is 2.15. The highest BCUT2D eigenvalue weighted by Gasteiger charge is 2.27. The van der Waals surface area contributed by atoms with Gasteiger partial charge in [0, 0.05) is 6.20 Å². The molecule has 0 aliphatic carbocycles. The summed E-state index contributed by atoms with van der Waals surface area (Å²) in [7, 11) is -4.57. The number of sulfonamides is 1. The van der Waals surface area contributed by atoms with Crippen molar-refractivity contribution in [1.82, 2.24) is 4.98 Å². The fourth-order valence-corrected chi connectivity index (χ4v) is 2.02. The van der Waals surface area contributed by atoms with Gasteiger partial charge in [-0.25, -0.2) is 22.3 Å². The van der Waals surface area contributed by atoms with Crippen LogP contribution in [0.5, 0.6) is 0 Å². The first-order chi connectivity index (χ1) is 7.29. The molecule has 0 spiro atoms. The minimum absolute atomic E-state index is 0.627. The van der Waals surface area contributed by atoms with Gasteiger partial charge in [0.05, 0.1) is 5.56 Å². The van der Waals surface area contributed by atoms with Crippen LogP contribution in [0.1, 0.15) is 17.6 Å². The summed E-state index contributed by atoms with van der Waals surface area (Å²) in [5.41, 5.74) is -3.24. The molecule has 3 N–H and O–H groups in total. The quantitative estimate of drug-likeness (QED) is 0.756. The number of H-pyrrole nitrogens is 1. The Morgan fingerprint density at radius 2 is 2.06 bits per heavy atom. The van der Waals surface area contributed by atoms with Crippen LogP contribution in [0.3, 0.4) is 0 Å². The van der Waals surface area contributed by atoms with Gasteiger partial charge in [-0.1, -0.05) is 0 Å². The molecule has 0 bridgehead atoms. The van der Waals surface area contributed by atoms with Gasteiger partial charge in [0.1, 0.15) is 16.5 Å². The van der Waals surface area contributed by atoms with Gasteiger partial charge in [0.25, 0.3) is 12.0 Å². The van der Waals surface area contributed by atoms with Crippen LogP contribution in [-0.4, -0.2) is 13.4 Å². The highest BCUT2D eigenvalue weighted by Crippen LogP contribution is 2.24. The topological polar surface area (TPSA) is 117 Å². The summed E-state index contributed by atoms with van der Waals surface area (Å²) in [5, 5.41) is 13.2. The first kappa shape index (κ1) is 12.3. The third kappa shape index (κ3) is 2.07. The summed E-state index contributed by atoms with van der Waals surface area (Å²) < 4.78 is 47.0. The van der Waals surface area contributed by atoms with E-state index < -0.39 is 38.0 Å². The van der Waals surface area contributed by atoms with Gasteiger partial charge < -0.3 is 4.98 Å². The number of nitrogens with two attached hydrogens (primary N) is 1. The van der Waals surface area contributed by atoms with Crippen LogP contribution < -0.4 is 10.7 Å². The van der Waals surface area contributed by atoms with Crippen molar-refractivity contribution in [2.75, 3.05) is 0 Å². The van der Waals surface area contributed by atoms with E-state index in [4.69, 9.17) is 5.26 Å². The van der Waals surface area contributed by atoms with Crippen molar-refractivity contribution in [3.8, 4) is 6.07 Å². The number of nitrogens with zero attached hydrogens (tertiary/aromatic N) is 1. The van der Waals surface area contributed by atoms with Crippen LogP contribution in [-0.2, 0) is 10.0 Å². The van der Waals surface area contributed by atoms with Crippen LogP contribution in [0.2, 0.25) is 0 Å². The largest absolute Gasteiger partial charge is 0.327 e. The van der Waals surface area contributed by atoms with Gasteiger partial charge in [-0.05, 0) is 0 Å². The number of aromatic nitrogens is 1. The smallest absolute Gasteiger partial charge is 0.270 e. The highest BCUT2D eigenvalue weighted by molar-refractivity contribution is 7.89. The first-order valence-electron chi connectivity index (χ1n) is 3.75. The monoisotopic (exact) mass is 249 g/mol. The van der Waals surface area contributed by atoms with Crippen molar-refractivity contribution in [2.24, 2.45) is 5.14 Å². The number of nitriles is 1. The van der Waals surface area contributed by atoms with Crippen molar-refractivity contribution in [1.29, 1.82) is 5.26 Å². The van der Waals surface area contributed by atoms with Gasteiger partial charge in [0.15, 0.2) is 0 Å². The molecule has 1 aromatic rings. The van der Waals surface area contributed by atoms with Crippen LogP contribution in [0, 0.1) is 11.3 Å².